The number of rotatable bonds is 18. The lowest BCUT2D eigenvalue weighted by molar-refractivity contribution is -0.647. The molecular formula is C45H60N6O12-2. The number of carbonyl (C=O) groups is 7. The highest BCUT2D eigenvalue weighted by Crippen LogP contribution is 2.55. The first-order chi connectivity index (χ1) is 29.0. The Balaban J connectivity index is 2.03. The van der Waals surface area contributed by atoms with Crippen molar-refractivity contribution in [3.63, 3.8) is 0 Å². The highest BCUT2D eigenvalue weighted by molar-refractivity contribution is 6.04. The second kappa shape index (κ2) is 17.1. The van der Waals surface area contributed by atoms with Gasteiger partial charge >= 0.3 is 0 Å². The van der Waals surface area contributed by atoms with Gasteiger partial charge < -0.3 is 66.3 Å². The molecule has 18 heteroatoms. The minimum atomic E-state index is -1.44. The monoisotopic (exact) mass is 876 g/mol. The maximum atomic E-state index is 13.3. The molecule has 1 fully saturated rings. The summed E-state index contributed by atoms with van der Waals surface area (Å²) in [6.07, 6.45) is -1.21. The average molecular weight is 877 g/mol. The van der Waals surface area contributed by atoms with Gasteiger partial charge in [0.15, 0.2) is 22.8 Å². The van der Waals surface area contributed by atoms with Crippen LogP contribution in [-0.2, 0) is 33.6 Å². The molecular weight excluding hydrogens is 817 g/mol. The van der Waals surface area contributed by atoms with Crippen LogP contribution in [0, 0.1) is 45.3 Å². The van der Waals surface area contributed by atoms with E-state index in [1.54, 1.807) is 41.5 Å². The minimum Gasteiger partial charge on any atom is -0.550 e. The Morgan fingerprint density at radius 2 is 1.21 bits per heavy atom. The Bertz CT molecular complexity index is 2220. The molecule has 0 saturated carbocycles. The van der Waals surface area contributed by atoms with Crippen LogP contribution in [0.25, 0.3) is 0 Å². The Labute approximate surface area is 366 Å². The summed E-state index contributed by atoms with van der Waals surface area (Å²) in [6.45, 7) is 14.4. The number of aliphatic carboxylic acids is 5. The predicted molar refractivity (Wildman–Crippen MR) is 213 cm³/mol. The van der Waals surface area contributed by atoms with Crippen molar-refractivity contribution in [2.45, 2.75) is 138 Å². The smallest absolute Gasteiger partial charge is 0.225 e. The second-order valence-corrected chi connectivity index (χ2v) is 19.7. The molecule has 0 aromatic carbocycles. The van der Waals surface area contributed by atoms with Gasteiger partial charge in [-0.1, -0.05) is 13.8 Å². The molecule has 5 rings (SSSR count). The Morgan fingerprint density at radius 3 is 1.71 bits per heavy atom. The van der Waals surface area contributed by atoms with Crippen molar-refractivity contribution in [2.75, 3.05) is 0 Å². The van der Waals surface area contributed by atoms with E-state index >= 15 is 0 Å². The number of amides is 2. The third-order valence-corrected chi connectivity index (χ3v) is 15.7. The van der Waals surface area contributed by atoms with Crippen LogP contribution in [-0.4, -0.2) is 70.4 Å². The summed E-state index contributed by atoms with van der Waals surface area (Å²) in [7, 11) is 0. The number of carboxylic acid groups (broad SMARTS) is 5. The molecule has 5 aliphatic heterocycles. The van der Waals surface area contributed by atoms with Gasteiger partial charge in [-0.15, -0.1) is 0 Å². The number of fused-ring (bicyclic) bond motifs is 6. The summed E-state index contributed by atoms with van der Waals surface area (Å²) in [6, 6.07) is -0.972. The zero-order valence-corrected chi connectivity index (χ0v) is 37.3. The van der Waals surface area contributed by atoms with Crippen molar-refractivity contribution >= 4 is 58.8 Å². The van der Waals surface area contributed by atoms with Gasteiger partial charge in [0.25, 0.3) is 0 Å². The van der Waals surface area contributed by atoms with Gasteiger partial charge in [0, 0.05) is 89.9 Å². The third kappa shape index (κ3) is 8.56. The van der Waals surface area contributed by atoms with E-state index in [4.69, 9.17) is 11.5 Å². The molecule has 5 heterocycles. The Kier molecular flexibility index (Phi) is 13.1. The van der Waals surface area contributed by atoms with E-state index in [9.17, 15) is 59.1 Å². The lowest BCUT2D eigenvalue weighted by Crippen LogP contribution is -2.99. The summed E-state index contributed by atoms with van der Waals surface area (Å²) in [5, 5.41) is 65.0. The van der Waals surface area contributed by atoms with Crippen molar-refractivity contribution in [3.8, 4) is 0 Å². The van der Waals surface area contributed by atoms with Crippen molar-refractivity contribution in [2.24, 2.45) is 56.8 Å². The molecule has 0 radical (unpaired) electrons. The fourth-order valence-corrected chi connectivity index (χ4v) is 12.2. The number of nitrogens with two attached hydrogens (primary N) is 2. The fraction of sp³-hybridized carbons (Fsp3) is 0.644. The molecule has 0 aliphatic carbocycles. The SMILES string of the molecule is C/C1=C2[NH+]=C(/C=C3\N/C(=C(/C)C4=[NH+][C@@](C)([C@@H]5[NH+]=C1[C@](C)(CCC(=O)[O-])[C@H]5CC(=O)[O-])[C@@](C)(CC(N)=O)[C@@H]4CCC(=O)[O-])[C@@](C)(CC(N)=O)[C@@H]3CCC(=O)[O-])C(C)(C)[C@@H]/2CCC(=O)[O-]. The molecule has 344 valence electrons. The van der Waals surface area contributed by atoms with Crippen LogP contribution in [0.2, 0.25) is 0 Å². The molecule has 1 saturated heterocycles. The Hall–Kier alpha value is -5.68. The van der Waals surface area contributed by atoms with Crippen LogP contribution in [0.3, 0.4) is 0 Å². The highest BCUT2D eigenvalue weighted by atomic mass is 16.4. The first kappa shape index (κ1) is 48.4. The van der Waals surface area contributed by atoms with Crippen LogP contribution < -0.4 is 57.3 Å². The number of nitrogens with one attached hydrogen (secondary N) is 4. The molecule has 63 heavy (non-hydrogen) atoms. The van der Waals surface area contributed by atoms with Gasteiger partial charge in [0.05, 0.1) is 33.7 Å². The van der Waals surface area contributed by atoms with Crippen LogP contribution >= 0.6 is 0 Å². The molecule has 0 spiro atoms. The third-order valence-electron chi connectivity index (χ3n) is 15.7. The number of carboxylic acids is 5. The summed E-state index contributed by atoms with van der Waals surface area (Å²) in [5.41, 5.74) is 9.91. The van der Waals surface area contributed by atoms with Crippen molar-refractivity contribution in [3.05, 3.63) is 34.3 Å². The van der Waals surface area contributed by atoms with Gasteiger partial charge in [0.1, 0.15) is 0 Å². The van der Waals surface area contributed by atoms with E-state index in [2.05, 4.69) is 20.3 Å². The zero-order chi connectivity index (χ0) is 47.4. The van der Waals surface area contributed by atoms with Crippen LogP contribution in [0.4, 0.5) is 0 Å². The molecule has 2 amide bonds. The van der Waals surface area contributed by atoms with Crippen molar-refractivity contribution in [1.82, 2.24) is 5.32 Å². The van der Waals surface area contributed by atoms with Crippen molar-refractivity contribution < 1.29 is 74.1 Å². The molecule has 8 N–H and O–H groups in total. The summed E-state index contributed by atoms with van der Waals surface area (Å²) in [5.74, 6) is -11.3. The fourth-order valence-electron chi connectivity index (χ4n) is 12.2. The van der Waals surface area contributed by atoms with E-state index < -0.39 is 124 Å². The normalized spacial score (nSPS) is 36.2. The molecule has 0 unspecified atom stereocenters. The summed E-state index contributed by atoms with van der Waals surface area (Å²) >= 11 is 0. The topological polar surface area (TPSA) is 341 Å². The van der Waals surface area contributed by atoms with Gasteiger partial charge in [-0.2, -0.15) is 0 Å². The molecule has 18 nitrogen and oxygen atoms in total. The number of allylic oxidation sites excluding steroid dienone is 6. The van der Waals surface area contributed by atoms with Crippen LogP contribution in [0.5, 0.6) is 0 Å². The van der Waals surface area contributed by atoms with E-state index in [1.807, 2.05) is 19.9 Å². The predicted octanol–water partition coefficient (Wildman–Crippen LogP) is -7.71. The van der Waals surface area contributed by atoms with E-state index in [0.29, 0.717) is 45.4 Å². The average Bonchev–Trinajstić information content (AvgIpc) is 3.75. The van der Waals surface area contributed by atoms with E-state index in [1.165, 1.54) is 0 Å². The lowest BCUT2D eigenvalue weighted by atomic mass is 9.55. The quantitative estimate of drug-likeness (QED) is 0.0747. The lowest BCUT2D eigenvalue weighted by Gasteiger charge is -2.42. The zero-order valence-electron chi connectivity index (χ0n) is 37.3. The maximum Gasteiger partial charge on any atom is 0.225 e. The second-order valence-electron chi connectivity index (χ2n) is 19.7. The van der Waals surface area contributed by atoms with Crippen LogP contribution in [0.15, 0.2) is 34.3 Å². The van der Waals surface area contributed by atoms with Gasteiger partial charge in [-0.3, -0.25) is 9.59 Å². The minimum absolute atomic E-state index is 0.00906. The summed E-state index contributed by atoms with van der Waals surface area (Å²) in [4.78, 5) is 98.7. The Morgan fingerprint density at radius 1 is 0.683 bits per heavy atom. The number of primary amides is 2. The highest BCUT2D eigenvalue weighted by Gasteiger charge is 2.73. The molecule has 9 atom stereocenters. The van der Waals surface area contributed by atoms with Crippen molar-refractivity contribution in [1.29, 1.82) is 0 Å². The number of hydrogen-bond donors (Lipinski definition) is 6. The number of hydrogen-bond acceptors (Lipinski definition) is 13. The van der Waals surface area contributed by atoms with Gasteiger partial charge in [0.2, 0.25) is 23.4 Å². The maximum absolute atomic E-state index is 13.3. The first-order valence-electron chi connectivity index (χ1n) is 21.5. The molecule has 0 aromatic heterocycles. The van der Waals surface area contributed by atoms with Gasteiger partial charge in [-0.05, 0) is 92.4 Å². The standard InChI is InChI=1S/C45H62N6O12/c1-21-36-24(10-13-32(56)57)41(3,4)28(49-36)18-27-23(9-12-31(54)55)43(6,19-29(46)52)39(48-27)22(2)37-25(11-14-33(58)59)44(7,20-30(47)53)45(8,51-37)40-26(17-35(62)63)42(5,38(21)50-40)16-15-34(60)61/h18,23-26,40,48H,9-17,19-20H2,1-8H3,(H2,46,52)(H2,47,53)(H,54,55)(H,56,57)(H,58,59)(H,60,61)(H,62,63)/p-2/b27-18-,36-21-,39-22-/t23-,24-,25-,26+,40-,42-,43+,44+,45+/m1/s1. The molecule has 5 aliphatic rings. The first-order valence-corrected chi connectivity index (χ1v) is 21.5. The summed E-state index contributed by atoms with van der Waals surface area (Å²) < 4.78 is 0. The van der Waals surface area contributed by atoms with Gasteiger partial charge in [-0.25, -0.2) is 15.0 Å². The molecule has 0 aromatic rings. The largest absolute Gasteiger partial charge is 0.550 e. The number of carbonyl (C=O) groups excluding carboxylic acids is 7. The van der Waals surface area contributed by atoms with Crippen LogP contribution in [0.1, 0.15) is 126 Å². The van der Waals surface area contributed by atoms with E-state index in [0.717, 1.165) is 0 Å². The molecule has 8 bridgehead atoms. The van der Waals surface area contributed by atoms with E-state index in [-0.39, 0.29) is 44.9 Å².